The highest BCUT2D eigenvalue weighted by molar-refractivity contribution is 5.56. The van der Waals surface area contributed by atoms with E-state index in [9.17, 15) is 4.79 Å². The zero-order chi connectivity index (χ0) is 8.39. The van der Waals surface area contributed by atoms with Gasteiger partial charge in [-0.2, -0.15) is 0 Å². The van der Waals surface area contributed by atoms with Crippen molar-refractivity contribution in [3.05, 3.63) is 35.9 Å². The van der Waals surface area contributed by atoms with E-state index in [1.165, 1.54) is 5.56 Å². The van der Waals surface area contributed by atoms with Crippen molar-refractivity contribution in [3.8, 4) is 0 Å². The second-order valence-electron chi connectivity index (χ2n) is 3.48. The molecule has 0 aromatic heterocycles. The van der Waals surface area contributed by atoms with Gasteiger partial charge in [0.1, 0.15) is 6.29 Å². The van der Waals surface area contributed by atoms with E-state index in [2.05, 4.69) is 24.3 Å². The molecule has 1 heteroatoms. The molecule has 0 saturated heterocycles. The standard InChI is InChI=1S/C11H12O/c12-8-9-6-11(7-9)10-4-2-1-3-5-10/h1-5,8-9,11H,6-7H2. The Balaban J connectivity index is 2.01. The molecule has 1 nitrogen and oxygen atoms in total. The van der Waals surface area contributed by atoms with Gasteiger partial charge in [0, 0.05) is 5.92 Å². The highest BCUT2D eigenvalue weighted by atomic mass is 16.1. The van der Waals surface area contributed by atoms with Crippen LogP contribution >= 0.6 is 0 Å². The fourth-order valence-corrected chi connectivity index (χ4v) is 1.77. The Labute approximate surface area is 72.4 Å². The molecule has 0 radical (unpaired) electrons. The number of carbonyl (C=O) groups excluding carboxylic acids is 1. The van der Waals surface area contributed by atoms with Gasteiger partial charge in [-0.15, -0.1) is 0 Å². The minimum Gasteiger partial charge on any atom is -0.303 e. The molecular weight excluding hydrogens is 148 g/mol. The summed E-state index contributed by atoms with van der Waals surface area (Å²) < 4.78 is 0. The summed E-state index contributed by atoms with van der Waals surface area (Å²) in [6.07, 6.45) is 3.18. The first kappa shape index (κ1) is 7.53. The summed E-state index contributed by atoms with van der Waals surface area (Å²) in [4.78, 5) is 10.4. The molecule has 0 bridgehead atoms. The molecule has 0 atom stereocenters. The van der Waals surface area contributed by atoms with Crippen LogP contribution in [0.1, 0.15) is 24.3 Å². The molecule has 1 aliphatic rings. The Morgan fingerprint density at radius 1 is 1.17 bits per heavy atom. The van der Waals surface area contributed by atoms with Crippen molar-refractivity contribution in [2.75, 3.05) is 0 Å². The number of hydrogen-bond donors (Lipinski definition) is 0. The average molecular weight is 160 g/mol. The van der Waals surface area contributed by atoms with Crippen molar-refractivity contribution in [2.24, 2.45) is 5.92 Å². The molecule has 12 heavy (non-hydrogen) atoms. The van der Waals surface area contributed by atoms with Gasteiger partial charge in [-0.1, -0.05) is 30.3 Å². The first-order valence-corrected chi connectivity index (χ1v) is 4.40. The smallest absolute Gasteiger partial charge is 0.123 e. The van der Waals surface area contributed by atoms with Gasteiger partial charge in [-0.25, -0.2) is 0 Å². The third kappa shape index (κ3) is 1.27. The molecule has 2 rings (SSSR count). The van der Waals surface area contributed by atoms with E-state index in [1.54, 1.807) is 0 Å². The molecule has 1 aromatic carbocycles. The van der Waals surface area contributed by atoms with E-state index in [1.807, 2.05) is 6.07 Å². The van der Waals surface area contributed by atoms with Crippen LogP contribution in [0.5, 0.6) is 0 Å². The monoisotopic (exact) mass is 160 g/mol. The molecule has 0 heterocycles. The lowest BCUT2D eigenvalue weighted by Gasteiger charge is -2.31. The molecule has 1 aromatic rings. The Hall–Kier alpha value is -1.11. The van der Waals surface area contributed by atoms with Gasteiger partial charge < -0.3 is 4.79 Å². The Morgan fingerprint density at radius 2 is 1.83 bits per heavy atom. The van der Waals surface area contributed by atoms with Gasteiger partial charge in [-0.05, 0) is 24.3 Å². The van der Waals surface area contributed by atoms with Crippen molar-refractivity contribution in [1.82, 2.24) is 0 Å². The van der Waals surface area contributed by atoms with Crippen LogP contribution in [0.15, 0.2) is 30.3 Å². The molecule has 1 fully saturated rings. The molecule has 0 aliphatic heterocycles. The lowest BCUT2D eigenvalue weighted by Crippen LogP contribution is -2.22. The Bertz CT molecular complexity index is 260. The van der Waals surface area contributed by atoms with Crippen LogP contribution in [0, 0.1) is 5.92 Å². The van der Waals surface area contributed by atoms with Gasteiger partial charge in [0.2, 0.25) is 0 Å². The molecular formula is C11H12O. The van der Waals surface area contributed by atoms with Crippen LogP contribution in [0.25, 0.3) is 0 Å². The number of benzene rings is 1. The van der Waals surface area contributed by atoms with Crippen LogP contribution in [-0.4, -0.2) is 6.29 Å². The fourth-order valence-electron chi connectivity index (χ4n) is 1.77. The quantitative estimate of drug-likeness (QED) is 0.607. The van der Waals surface area contributed by atoms with Crippen LogP contribution in [0.2, 0.25) is 0 Å². The maximum atomic E-state index is 10.4. The van der Waals surface area contributed by atoms with Crippen LogP contribution in [0.3, 0.4) is 0 Å². The predicted octanol–water partition coefficient (Wildman–Crippen LogP) is 2.38. The first-order chi connectivity index (χ1) is 5.90. The first-order valence-electron chi connectivity index (χ1n) is 4.40. The molecule has 0 N–H and O–H groups in total. The van der Waals surface area contributed by atoms with E-state index in [-0.39, 0.29) is 0 Å². The highest BCUT2D eigenvalue weighted by Crippen LogP contribution is 2.39. The van der Waals surface area contributed by atoms with Crippen molar-refractivity contribution in [2.45, 2.75) is 18.8 Å². The van der Waals surface area contributed by atoms with Crippen LogP contribution in [0.4, 0.5) is 0 Å². The van der Waals surface area contributed by atoms with Gasteiger partial charge in [-0.3, -0.25) is 0 Å². The van der Waals surface area contributed by atoms with Gasteiger partial charge >= 0.3 is 0 Å². The van der Waals surface area contributed by atoms with E-state index < -0.39 is 0 Å². The molecule has 0 unspecified atom stereocenters. The van der Waals surface area contributed by atoms with Gasteiger partial charge in [0.25, 0.3) is 0 Å². The lowest BCUT2D eigenvalue weighted by molar-refractivity contribution is -0.113. The number of hydrogen-bond acceptors (Lipinski definition) is 1. The summed E-state index contributed by atoms with van der Waals surface area (Å²) in [5.41, 5.74) is 1.38. The maximum absolute atomic E-state index is 10.4. The third-order valence-electron chi connectivity index (χ3n) is 2.64. The summed E-state index contributed by atoms with van der Waals surface area (Å²) in [5, 5.41) is 0. The summed E-state index contributed by atoms with van der Waals surface area (Å²) >= 11 is 0. The zero-order valence-corrected chi connectivity index (χ0v) is 6.94. The average Bonchev–Trinajstić information content (AvgIpc) is 2.04. The van der Waals surface area contributed by atoms with E-state index in [0.717, 1.165) is 19.1 Å². The highest BCUT2D eigenvalue weighted by Gasteiger charge is 2.29. The molecule has 0 amide bonds. The normalized spacial score (nSPS) is 27.7. The van der Waals surface area contributed by atoms with Gasteiger partial charge in [0.15, 0.2) is 0 Å². The predicted molar refractivity (Wildman–Crippen MR) is 48.0 cm³/mol. The maximum Gasteiger partial charge on any atom is 0.123 e. The number of carbonyl (C=O) groups is 1. The minimum atomic E-state index is 0.329. The number of aldehydes is 1. The van der Waals surface area contributed by atoms with Crippen molar-refractivity contribution in [1.29, 1.82) is 0 Å². The second kappa shape index (κ2) is 3.10. The van der Waals surface area contributed by atoms with Crippen molar-refractivity contribution in [3.63, 3.8) is 0 Å². The summed E-state index contributed by atoms with van der Waals surface area (Å²) in [5.74, 6) is 0.969. The van der Waals surface area contributed by atoms with Crippen molar-refractivity contribution >= 4 is 6.29 Å². The van der Waals surface area contributed by atoms with E-state index in [4.69, 9.17) is 0 Å². The largest absolute Gasteiger partial charge is 0.303 e. The molecule has 1 saturated carbocycles. The topological polar surface area (TPSA) is 17.1 Å². The van der Waals surface area contributed by atoms with Gasteiger partial charge in [0.05, 0.1) is 0 Å². The molecule has 62 valence electrons. The molecule has 1 aliphatic carbocycles. The van der Waals surface area contributed by atoms with Crippen LogP contribution < -0.4 is 0 Å². The Kier molecular flexibility index (Phi) is 1.94. The summed E-state index contributed by atoms with van der Waals surface area (Å²) in [6.45, 7) is 0. The number of rotatable bonds is 2. The zero-order valence-electron chi connectivity index (χ0n) is 6.94. The summed E-state index contributed by atoms with van der Waals surface area (Å²) in [7, 11) is 0. The summed E-state index contributed by atoms with van der Waals surface area (Å²) in [6, 6.07) is 10.4. The molecule has 0 spiro atoms. The lowest BCUT2D eigenvalue weighted by atomic mass is 9.72. The SMILES string of the molecule is O=CC1CC(c2ccccc2)C1. The Morgan fingerprint density at radius 3 is 2.42 bits per heavy atom. The van der Waals surface area contributed by atoms with Crippen LogP contribution in [-0.2, 0) is 4.79 Å². The van der Waals surface area contributed by atoms with E-state index in [0.29, 0.717) is 11.8 Å². The van der Waals surface area contributed by atoms with E-state index >= 15 is 0 Å². The van der Waals surface area contributed by atoms with Crippen molar-refractivity contribution < 1.29 is 4.79 Å². The minimum absolute atomic E-state index is 0.329. The second-order valence-corrected chi connectivity index (χ2v) is 3.48. The third-order valence-corrected chi connectivity index (χ3v) is 2.64. The fraction of sp³-hybridized carbons (Fsp3) is 0.364.